The van der Waals surface area contributed by atoms with Gasteiger partial charge in [0.25, 0.3) is 0 Å². The van der Waals surface area contributed by atoms with Crippen LogP contribution in [0.4, 0.5) is 0 Å². The second kappa shape index (κ2) is 8.67. The molecule has 1 amide bonds. The minimum absolute atomic E-state index is 0.180. The van der Waals surface area contributed by atoms with Crippen molar-refractivity contribution >= 4 is 17.0 Å². The number of rotatable bonds is 6. The average Bonchev–Trinajstić information content (AvgIpc) is 3.47. The van der Waals surface area contributed by atoms with E-state index in [-0.39, 0.29) is 11.8 Å². The molecule has 0 atom stereocenters. The van der Waals surface area contributed by atoms with E-state index < -0.39 is 0 Å². The Kier molecular flexibility index (Phi) is 5.43. The van der Waals surface area contributed by atoms with Crippen molar-refractivity contribution in [3.63, 3.8) is 0 Å². The van der Waals surface area contributed by atoms with Crippen molar-refractivity contribution in [1.82, 2.24) is 30.1 Å². The van der Waals surface area contributed by atoms with E-state index in [1.165, 1.54) is 0 Å². The van der Waals surface area contributed by atoms with Gasteiger partial charge in [0, 0.05) is 31.0 Å². The van der Waals surface area contributed by atoms with Crippen LogP contribution in [-0.4, -0.2) is 49.1 Å². The number of oxazole rings is 1. The number of amides is 1. The van der Waals surface area contributed by atoms with Crippen LogP contribution in [0.15, 0.2) is 59.0 Å². The number of benzene rings is 2. The van der Waals surface area contributed by atoms with Crippen LogP contribution in [-0.2, 0) is 11.3 Å². The maximum absolute atomic E-state index is 12.6. The molecule has 0 aliphatic carbocycles. The summed E-state index contributed by atoms with van der Waals surface area (Å²) in [6.45, 7) is 2.05. The highest BCUT2D eigenvalue weighted by Gasteiger charge is 2.26. The van der Waals surface area contributed by atoms with E-state index in [4.69, 9.17) is 4.42 Å². The van der Waals surface area contributed by atoms with Crippen molar-refractivity contribution in [2.75, 3.05) is 13.1 Å². The molecule has 1 fully saturated rings. The molecule has 5 rings (SSSR count). The molecule has 0 unspecified atom stereocenters. The second-order valence-corrected chi connectivity index (χ2v) is 7.85. The van der Waals surface area contributed by atoms with Crippen LogP contribution in [0.25, 0.3) is 22.5 Å². The predicted octanol–water partition coefficient (Wildman–Crippen LogP) is 3.67. The molecule has 1 aliphatic heterocycles. The van der Waals surface area contributed by atoms with Gasteiger partial charge < -0.3 is 9.32 Å². The van der Waals surface area contributed by atoms with E-state index in [9.17, 15) is 4.79 Å². The van der Waals surface area contributed by atoms with E-state index in [1.807, 2.05) is 59.5 Å². The zero-order chi connectivity index (χ0) is 21.0. The molecule has 0 radical (unpaired) electrons. The van der Waals surface area contributed by atoms with Crippen molar-refractivity contribution in [1.29, 1.82) is 0 Å². The van der Waals surface area contributed by atoms with E-state index in [1.54, 1.807) is 4.80 Å². The average molecular weight is 416 g/mol. The van der Waals surface area contributed by atoms with Crippen molar-refractivity contribution in [3.05, 3.63) is 60.5 Å². The molecule has 1 saturated heterocycles. The Hall–Kier alpha value is -3.55. The number of piperidine rings is 1. The number of fused-ring (bicyclic) bond motifs is 1. The number of aromatic nitrogens is 5. The van der Waals surface area contributed by atoms with Crippen molar-refractivity contribution in [2.45, 2.75) is 38.1 Å². The highest BCUT2D eigenvalue weighted by Crippen LogP contribution is 2.30. The van der Waals surface area contributed by atoms with Crippen LogP contribution in [0.2, 0.25) is 0 Å². The normalized spacial score (nSPS) is 14.9. The lowest BCUT2D eigenvalue weighted by Crippen LogP contribution is -2.38. The molecule has 0 N–H and O–H groups in total. The number of likely N-dealkylation sites (tertiary alicyclic amines) is 1. The summed E-state index contributed by atoms with van der Waals surface area (Å²) < 4.78 is 5.91. The number of carbonyl (C=O) groups excluding carboxylic acids is 1. The minimum Gasteiger partial charge on any atom is -0.440 e. The smallest absolute Gasteiger partial charge is 0.222 e. The summed E-state index contributed by atoms with van der Waals surface area (Å²) in [6, 6.07) is 17.6. The fourth-order valence-corrected chi connectivity index (χ4v) is 4.01. The van der Waals surface area contributed by atoms with Crippen LogP contribution in [0.1, 0.15) is 37.5 Å². The van der Waals surface area contributed by atoms with Crippen LogP contribution in [0.3, 0.4) is 0 Å². The lowest BCUT2D eigenvalue weighted by molar-refractivity contribution is -0.132. The van der Waals surface area contributed by atoms with E-state index in [0.717, 1.165) is 48.5 Å². The molecule has 3 heterocycles. The first-order valence-electron chi connectivity index (χ1n) is 10.7. The van der Waals surface area contributed by atoms with Gasteiger partial charge in [-0.3, -0.25) is 4.79 Å². The zero-order valence-corrected chi connectivity index (χ0v) is 17.2. The number of para-hydroxylation sites is 2. The molecule has 8 heteroatoms. The minimum atomic E-state index is 0.180. The van der Waals surface area contributed by atoms with E-state index in [2.05, 4.69) is 20.4 Å². The Labute approximate surface area is 179 Å². The summed E-state index contributed by atoms with van der Waals surface area (Å²) in [5.41, 5.74) is 2.66. The third kappa shape index (κ3) is 4.33. The Morgan fingerprint density at radius 3 is 2.61 bits per heavy atom. The maximum Gasteiger partial charge on any atom is 0.222 e. The van der Waals surface area contributed by atoms with Crippen LogP contribution in [0, 0.1) is 0 Å². The largest absolute Gasteiger partial charge is 0.440 e. The summed E-state index contributed by atoms with van der Waals surface area (Å²) in [5, 5.41) is 12.6. The summed E-state index contributed by atoms with van der Waals surface area (Å²) in [5.74, 6) is 1.85. The Bertz CT molecular complexity index is 1130. The van der Waals surface area contributed by atoms with Crippen molar-refractivity contribution in [3.8, 4) is 11.4 Å². The zero-order valence-electron chi connectivity index (χ0n) is 17.2. The molecule has 0 spiro atoms. The Morgan fingerprint density at radius 2 is 1.81 bits per heavy atom. The number of hydrogen-bond acceptors (Lipinski definition) is 6. The van der Waals surface area contributed by atoms with Crippen LogP contribution in [0.5, 0.6) is 0 Å². The van der Waals surface area contributed by atoms with Gasteiger partial charge in [0.2, 0.25) is 11.7 Å². The van der Waals surface area contributed by atoms with E-state index >= 15 is 0 Å². The van der Waals surface area contributed by atoms with Crippen LogP contribution < -0.4 is 0 Å². The lowest BCUT2D eigenvalue weighted by Gasteiger charge is -2.30. The van der Waals surface area contributed by atoms with Gasteiger partial charge in [0.05, 0.1) is 6.54 Å². The van der Waals surface area contributed by atoms with Gasteiger partial charge in [-0.2, -0.15) is 4.80 Å². The molecule has 0 saturated carbocycles. The number of tetrazole rings is 1. The first-order chi connectivity index (χ1) is 15.3. The second-order valence-electron chi connectivity index (χ2n) is 7.85. The van der Waals surface area contributed by atoms with Gasteiger partial charge in [-0.25, -0.2) is 4.98 Å². The van der Waals surface area contributed by atoms with Crippen molar-refractivity contribution in [2.24, 2.45) is 0 Å². The summed E-state index contributed by atoms with van der Waals surface area (Å²) >= 11 is 0. The number of nitrogens with zero attached hydrogens (tertiary/aromatic N) is 6. The van der Waals surface area contributed by atoms with Gasteiger partial charge >= 0.3 is 0 Å². The summed E-state index contributed by atoms with van der Waals surface area (Å²) in [4.78, 5) is 20.8. The quantitative estimate of drug-likeness (QED) is 0.476. The van der Waals surface area contributed by atoms with Gasteiger partial charge in [0.1, 0.15) is 5.52 Å². The van der Waals surface area contributed by atoms with Gasteiger partial charge in [-0.1, -0.05) is 42.5 Å². The highest BCUT2D eigenvalue weighted by molar-refractivity contribution is 5.76. The molecule has 158 valence electrons. The SMILES string of the molecule is O=C(CCCn1nnc(-c2ccccc2)n1)N1CCC(c2nc3ccccc3o2)CC1. The summed E-state index contributed by atoms with van der Waals surface area (Å²) in [7, 11) is 0. The van der Waals surface area contributed by atoms with Gasteiger partial charge in [-0.05, 0) is 36.6 Å². The molecule has 0 bridgehead atoms. The number of carbonyl (C=O) groups is 1. The maximum atomic E-state index is 12.6. The first-order valence-corrected chi connectivity index (χ1v) is 10.7. The Balaban J connectivity index is 1.09. The van der Waals surface area contributed by atoms with E-state index in [0.29, 0.717) is 25.2 Å². The highest BCUT2D eigenvalue weighted by atomic mass is 16.3. The molecule has 2 aromatic carbocycles. The number of aryl methyl sites for hydroxylation is 1. The lowest BCUT2D eigenvalue weighted by atomic mass is 9.96. The molecular formula is C23H24N6O2. The monoisotopic (exact) mass is 416 g/mol. The Morgan fingerprint density at radius 1 is 1.03 bits per heavy atom. The third-order valence-electron chi connectivity index (χ3n) is 5.74. The topological polar surface area (TPSA) is 89.9 Å². The summed E-state index contributed by atoms with van der Waals surface area (Å²) in [6.07, 6.45) is 2.93. The molecule has 31 heavy (non-hydrogen) atoms. The first kappa shape index (κ1) is 19.4. The molecular weight excluding hydrogens is 392 g/mol. The van der Waals surface area contributed by atoms with Gasteiger partial charge in [-0.15, -0.1) is 10.2 Å². The molecule has 1 aliphatic rings. The molecule has 2 aromatic heterocycles. The molecule has 8 nitrogen and oxygen atoms in total. The number of hydrogen-bond donors (Lipinski definition) is 0. The van der Waals surface area contributed by atoms with Gasteiger partial charge in [0.15, 0.2) is 11.5 Å². The predicted molar refractivity (Wildman–Crippen MR) is 115 cm³/mol. The standard InChI is InChI=1S/C23H24N6O2/c30-21(11-6-14-29-26-22(25-27-29)17-7-2-1-3-8-17)28-15-12-18(13-16-28)23-24-19-9-4-5-10-20(19)31-23/h1-5,7-10,18H,6,11-16H2. The third-order valence-corrected chi connectivity index (χ3v) is 5.74. The fourth-order valence-electron chi connectivity index (χ4n) is 4.01. The van der Waals surface area contributed by atoms with Crippen LogP contribution >= 0.6 is 0 Å². The van der Waals surface area contributed by atoms with Crippen molar-refractivity contribution < 1.29 is 9.21 Å². The fraction of sp³-hybridized carbons (Fsp3) is 0.348. The molecule has 4 aromatic rings.